The Balaban J connectivity index is 2.09. The van der Waals surface area contributed by atoms with Crippen molar-refractivity contribution < 1.29 is 4.79 Å². The van der Waals surface area contributed by atoms with Crippen LogP contribution in [0.1, 0.15) is 33.6 Å². The number of carbonyl (C=O) groups excluding carboxylic acids is 1. The van der Waals surface area contributed by atoms with E-state index in [1.54, 1.807) is 0 Å². The van der Waals surface area contributed by atoms with E-state index in [-0.39, 0.29) is 12.2 Å². The molecule has 0 aromatic heterocycles. The molecule has 0 aliphatic carbocycles. The molecule has 2 aliphatic rings. The fourth-order valence-electron chi connectivity index (χ4n) is 3.31. The SMILES string of the molecule is CCC1NC(C)N(C2CCN(C)CC2C)C1=O. The second-order valence-electron chi connectivity index (χ2n) is 5.64. The number of carbonyl (C=O) groups is 1. The van der Waals surface area contributed by atoms with E-state index < -0.39 is 0 Å². The lowest BCUT2D eigenvalue weighted by atomic mass is 9.92. The highest BCUT2D eigenvalue weighted by molar-refractivity contribution is 5.84. The number of piperidine rings is 1. The highest BCUT2D eigenvalue weighted by Crippen LogP contribution is 2.26. The fourth-order valence-corrected chi connectivity index (χ4v) is 3.31. The van der Waals surface area contributed by atoms with Crippen LogP contribution in [-0.2, 0) is 4.79 Å². The first-order valence-electron chi connectivity index (χ1n) is 6.81. The molecule has 0 aromatic rings. The van der Waals surface area contributed by atoms with E-state index in [0.717, 1.165) is 25.9 Å². The van der Waals surface area contributed by atoms with Crippen LogP contribution in [0.5, 0.6) is 0 Å². The molecule has 0 spiro atoms. The second kappa shape index (κ2) is 4.94. The van der Waals surface area contributed by atoms with Gasteiger partial charge in [-0.1, -0.05) is 13.8 Å². The number of nitrogens with zero attached hydrogens (tertiary/aromatic N) is 2. The molecule has 4 atom stereocenters. The molecule has 4 heteroatoms. The Bertz CT molecular complexity index is 294. The van der Waals surface area contributed by atoms with Gasteiger partial charge in [-0.05, 0) is 39.3 Å². The van der Waals surface area contributed by atoms with Gasteiger partial charge < -0.3 is 9.80 Å². The Kier molecular flexibility index (Phi) is 3.73. The Morgan fingerprint density at radius 1 is 1.41 bits per heavy atom. The third kappa shape index (κ3) is 2.33. The topological polar surface area (TPSA) is 35.6 Å². The van der Waals surface area contributed by atoms with Crippen LogP contribution in [0, 0.1) is 5.92 Å². The minimum atomic E-state index is 0.0388. The third-order valence-corrected chi connectivity index (χ3v) is 4.24. The number of hydrogen-bond acceptors (Lipinski definition) is 3. The monoisotopic (exact) mass is 239 g/mol. The zero-order valence-corrected chi connectivity index (χ0v) is 11.4. The van der Waals surface area contributed by atoms with Crippen molar-refractivity contribution >= 4 is 5.91 Å². The van der Waals surface area contributed by atoms with Gasteiger partial charge in [-0.2, -0.15) is 0 Å². The molecule has 0 bridgehead atoms. The van der Waals surface area contributed by atoms with Crippen molar-refractivity contribution in [2.75, 3.05) is 20.1 Å². The normalized spacial score (nSPS) is 40.0. The number of likely N-dealkylation sites (tertiary alicyclic amines) is 1. The first-order valence-corrected chi connectivity index (χ1v) is 6.81. The standard InChI is InChI=1S/C13H25N3O/c1-5-11-13(17)16(10(3)14-11)12-6-7-15(4)8-9(12)2/h9-12,14H,5-8H2,1-4H3. The molecule has 1 N–H and O–H groups in total. The molecule has 4 unspecified atom stereocenters. The lowest BCUT2D eigenvalue weighted by molar-refractivity contribution is -0.134. The van der Waals surface area contributed by atoms with Gasteiger partial charge in [0, 0.05) is 12.6 Å². The Morgan fingerprint density at radius 2 is 2.12 bits per heavy atom. The highest BCUT2D eigenvalue weighted by Gasteiger charge is 2.42. The third-order valence-electron chi connectivity index (χ3n) is 4.24. The Labute approximate surface area is 104 Å². The summed E-state index contributed by atoms with van der Waals surface area (Å²) < 4.78 is 0. The molecule has 4 nitrogen and oxygen atoms in total. The number of rotatable bonds is 2. The van der Waals surface area contributed by atoms with Crippen molar-refractivity contribution in [1.82, 2.24) is 15.1 Å². The fraction of sp³-hybridized carbons (Fsp3) is 0.923. The van der Waals surface area contributed by atoms with Gasteiger partial charge in [0.15, 0.2) is 0 Å². The zero-order valence-electron chi connectivity index (χ0n) is 11.4. The first kappa shape index (κ1) is 12.8. The maximum atomic E-state index is 12.3. The molecular weight excluding hydrogens is 214 g/mol. The van der Waals surface area contributed by atoms with Gasteiger partial charge >= 0.3 is 0 Å². The van der Waals surface area contributed by atoms with Gasteiger partial charge in [0.25, 0.3) is 0 Å². The van der Waals surface area contributed by atoms with Gasteiger partial charge in [-0.15, -0.1) is 0 Å². The van der Waals surface area contributed by atoms with Gasteiger partial charge in [-0.25, -0.2) is 0 Å². The molecule has 2 rings (SSSR count). The van der Waals surface area contributed by atoms with Crippen molar-refractivity contribution in [3.05, 3.63) is 0 Å². The van der Waals surface area contributed by atoms with E-state index in [1.165, 1.54) is 0 Å². The van der Waals surface area contributed by atoms with E-state index in [1.807, 2.05) is 0 Å². The van der Waals surface area contributed by atoms with Crippen molar-refractivity contribution in [2.45, 2.75) is 51.9 Å². The summed E-state index contributed by atoms with van der Waals surface area (Å²) in [6.07, 6.45) is 2.19. The molecule has 2 saturated heterocycles. The summed E-state index contributed by atoms with van der Waals surface area (Å²) in [4.78, 5) is 16.8. The van der Waals surface area contributed by atoms with Gasteiger partial charge in [0.1, 0.15) is 0 Å². The average Bonchev–Trinajstić information content (AvgIpc) is 2.55. The lowest BCUT2D eigenvalue weighted by Crippen LogP contribution is -2.52. The molecule has 0 saturated carbocycles. The highest BCUT2D eigenvalue weighted by atomic mass is 16.2. The Morgan fingerprint density at radius 3 is 2.65 bits per heavy atom. The summed E-state index contributed by atoms with van der Waals surface area (Å²) in [6, 6.07) is 0.453. The van der Waals surface area contributed by atoms with Crippen molar-refractivity contribution in [1.29, 1.82) is 0 Å². The lowest BCUT2D eigenvalue weighted by Gasteiger charge is -2.41. The van der Waals surface area contributed by atoms with Crippen LogP contribution in [0.4, 0.5) is 0 Å². The molecule has 2 fully saturated rings. The smallest absolute Gasteiger partial charge is 0.241 e. The minimum absolute atomic E-state index is 0.0388. The molecular formula is C13H25N3O. The van der Waals surface area contributed by atoms with Crippen molar-refractivity contribution in [2.24, 2.45) is 5.92 Å². The van der Waals surface area contributed by atoms with Gasteiger partial charge in [0.2, 0.25) is 5.91 Å². The largest absolute Gasteiger partial charge is 0.323 e. The minimum Gasteiger partial charge on any atom is -0.323 e. The Hall–Kier alpha value is -0.610. The summed E-state index contributed by atoms with van der Waals surface area (Å²) in [5.41, 5.74) is 0. The summed E-state index contributed by atoms with van der Waals surface area (Å²) in [6.45, 7) is 8.64. The molecule has 17 heavy (non-hydrogen) atoms. The number of hydrogen-bond donors (Lipinski definition) is 1. The maximum absolute atomic E-state index is 12.3. The van der Waals surface area contributed by atoms with Crippen LogP contribution in [0.25, 0.3) is 0 Å². The second-order valence-corrected chi connectivity index (χ2v) is 5.64. The van der Waals surface area contributed by atoms with Gasteiger partial charge in [0.05, 0.1) is 12.2 Å². The maximum Gasteiger partial charge on any atom is 0.241 e. The quantitative estimate of drug-likeness (QED) is 0.777. The van der Waals surface area contributed by atoms with E-state index in [9.17, 15) is 4.79 Å². The van der Waals surface area contributed by atoms with Crippen LogP contribution in [-0.4, -0.2) is 54.1 Å². The van der Waals surface area contributed by atoms with Gasteiger partial charge in [-0.3, -0.25) is 10.1 Å². The number of amides is 1. The van der Waals surface area contributed by atoms with E-state index in [2.05, 4.69) is 42.9 Å². The predicted octanol–water partition coefficient (Wildman–Crippen LogP) is 0.883. The summed E-state index contributed by atoms with van der Waals surface area (Å²) in [5, 5.41) is 3.40. The van der Waals surface area contributed by atoms with E-state index in [0.29, 0.717) is 17.9 Å². The molecule has 98 valence electrons. The predicted molar refractivity (Wildman–Crippen MR) is 68.6 cm³/mol. The van der Waals surface area contributed by atoms with Crippen molar-refractivity contribution in [3.8, 4) is 0 Å². The van der Waals surface area contributed by atoms with Crippen LogP contribution in [0.15, 0.2) is 0 Å². The molecule has 2 heterocycles. The average molecular weight is 239 g/mol. The molecule has 1 amide bonds. The van der Waals surface area contributed by atoms with Crippen LogP contribution in [0.3, 0.4) is 0 Å². The summed E-state index contributed by atoms with van der Waals surface area (Å²) in [5.74, 6) is 0.874. The molecule has 2 aliphatic heterocycles. The van der Waals surface area contributed by atoms with Crippen LogP contribution < -0.4 is 5.32 Å². The zero-order chi connectivity index (χ0) is 12.6. The van der Waals surface area contributed by atoms with Crippen LogP contribution >= 0.6 is 0 Å². The van der Waals surface area contributed by atoms with E-state index >= 15 is 0 Å². The summed E-state index contributed by atoms with van der Waals surface area (Å²) >= 11 is 0. The van der Waals surface area contributed by atoms with Crippen LogP contribution in [0.2, 0.25) is 0 Å². The first-order chi connectivity index (χ1) is 8.04. The summed E-state index contributed by atoms with van der Waals surface area (Å²) in [7, 11) is 2.16. The number of nitrogens with one attached hydrogen (secondary N) is 1. The van der Waals surface area contributed by atoms with Crippen molar-refractivity contribution in [3.63, 3.8) is 0 Å². The van der Waals surface area contributed by atoms with E-state index in [4.69, 9.17) is 0 Å². The molecule has 0 radical (unpaired) electrons. The molecule has 0 aromatic carbocycles.